The van der Waals surface area contributed by atoms with Gasteiger partial charge in [0.1, 0.15) is 10.9 Å². The maximum absolute atomic E-state index is 11.1. The molecule has 0 atom stereocenters. The van der Waals surface area contributed by atoms with Crippen LogP contribution in [-0.4, -0.2) is 29.5 Å². The minimum Gasteiger partial charge on any atom is -0.503 e. The Morgan fingerprint density at radius 3 is 0.897 bits per heavy atom. The second-order valence-electron chi connectivity index (χ2n) is 5.67. The van der Waals surface area contributed by atoms with E-state index in [0.29, 0.717) is 14.7 Å². The molecule has 29 heavy (non-hydrogen) atoms. The summed E-state index contributed by atoms with van der Waals surface area (Å²) in [6.45, 7) is 0. The molecular formula is C18H15AsF6O3S. The summed E-state index contributed by atoms with van der Waals surface area (Å²) in [4.78, 5) is 1.97. The van der Waals surface area contributed by atoms with E-state index in [4.69, 9.17) is 0 Å². The van der Waals surface area contributed by atoms with Gasteiger partial charge in [-0.3, -0.25) is 0 Å². The monoisotopic (exact) mass is 500 g/mol. The summed E-state index contributed by atoms with van der Waals surface area (Å²) in [7, 11) is -0.799. The summed E-state index contributed by atoms with van der Waals surface area (Å²) in [5.74, 6) is 0.409. The van der Waals surface area contributed by atoms with E-state index in [-0.39, 0.29) is 17.2 Å². The molecule has 0 fully saturated rings. The molecule has 3 N–H and O–H groups in total. The van der Waals surface area contributed by atoms with Crippen molar-refractivity contribution in [2.75, 3.05) is 0 Å². The molecule has 0 aliphatic carbocycles. The fourth-order valence-corrected chi connectivity index (χ4v) is 4.43. The zero-order valence-electron chi connectivity index (χ0n) is 14.4. The van der Waals surface area contributed by atoms with E-state index < -0.39 is 25.1 Å². The molecule has 0 saturated heterocycles. The Morgan fingerprint density at radius 1 is 0.483 bits per heavy atom. The van der Waals surface area contributed by atoms with Gasteiger partial charge in [0.25, 0.3) is 0 Å². The summed E-state index contributed by atoms with van der Waals surface area (Å²) in [6.07, 6.45) is 0. The number of halogens is 6. The maximum atomic E-state index is 10.2. The van der Waals surface area contributed by atoms with Gasteiger partial charge in [-0.2, -0.15) is 0 Å². The zero-order chi connectivity index (χ0) is 21.9. The van der Waals surface area contributed by atoms with Crippen LogP contribution in [0.15, 0.2) is 87.5 Å². The van der Waals surface area contributed by atoms with Crippen LogP contribution in [0.1, 0.15) is 0 Å². The van der Waals surface area contributed by atoms with E-state index in [0.717, 1.165) is 0 Å². The standard InChI is InChI=1S/C18H14O3S.AsF6/c19-13-7-1-4-10-16(13)22(17-11-5-2-8-14(17)20)18-12-6-3-9-15(18)21;2-1(3,4,5,6)7/h1-12H,(H2-,19,20,21);/q;-1/p+1. The summed E-state index contributed by atoms with van der Waals surface area (Å²) in [5, 5.41) is 30.7. The number of hydrogen-bond donors (Lipinski definition) is 3. The number of phenols is 3. The van der Waals surface area contributed by atoms with E-state index in [1.165, 1.54) is 0 Å². The van der Waals surface area contributed by atoms with Gasteiger partial charge in [0.05, 0.1) is 0 Å². The Kier molecular flexibility index (Phi) is 5.84. The Bertz CT molecular complexity index is 893. The third kappa shape index (κ3) is 7.83. The third-order valence-corrected chi connectivity index (χ3v) is 5.61. The van der Waals surface area contributed by atoms with Crippen molar-refractivity contribution in [3.8, 4) is 17.2 Å². The summed E-state index contributed by atoms with van der Waals surface area (Å²) < 4.78 is 59.4. The minimum atomic E-state index is -11.1. The summed E-state index contributed by atoms with van der Waals surface area (Å²) in [5.41, 5.74) is 0. The van der Waals surface area contributed by atoms with Crippen molar-refractivity contribution in [3.63, 3.8) is 0 Å². The van der Waals surface area contributed by atoms with Crippen LogP contribution in [0.5, 0.6) is 17.2 Å². The second kappa shape index (κ2) is 7.42. The Hall–Kier alpha value is -2.45. The number of benzene rings is 3. The van der Waals surface area contributed by atoms with E-state index in [9.17, 15) is 36.1 Å². The summed E-state index contributed by atoms with van der Waals surface area (Å²) in [6, 6.07) is 21.0. The molecular weight excluding hydrogens is 485 g/mol. The molecule has 11 heteroatoms. The molecule has 0 heterocycles. The maximum Gasteiger partial charge on any atom is 0.208 e. The second-order valence-corrected chi connectivity index (χ2v) is 11.6. The average Bonchev–Trinajstić information content (AvgIpc) is 2.57. The molecule has 3 rings (SSSR count). The van der Waals surface area contributed by atoms with Crippen molar-refractivity contribution >= 4 is 25.1 Å². The van der Waals surface area contributed by atoms with Crippen molar-refractivity contribution in [3.05, 3.63) is 72.8 Å². The topological polar surface area (TPSA) is 60.7 Å². The quantitative estimate of drug-likeness (QED) is 0.234. The van der Waals surface area contributed by atoms with E-state index in [1.807, 2.05) is 18.2 Å². The number of hydrogen-bond acceptors (Lipinski definition) is 3. The molecule has 0 radical (unpaired) electrons. The fourth-order valence-electron chi connectivity index (χ4n) is 2.24. The molecule has 0 spiro atoms. The molecule has 0 bridgehead atoms. The summed E-state index contributed by atoms with van der Waals surface area (Å²) >= 11 is -11.1. The number of rotatable bonds is 3. The van der Waals surface area contributed by atoms with Crippen molar-refractivity contribution in [1.29, 1.82) is 0 Å². The average molecular weight is 500 g/mol. The van der Waals surface area contributed by atoms with E-state index in [1.54, 1.807) is 54.6 Å². The van der Waals surface area contributed by atoms with Crippen LogP contribution in [0.2, 0.25) is 0 Å². The van der Waals surface area contributed by atoms with Gasteiger partial charge < -0.3 is 15.3 Å². The Labute approximate surface area is 166 Å². The van der Waals surface area contributed by atoms with E-state index >= 15 is 0 Å². The van der Waals surface area contributed by atoms with Gasteiger partial charge in [0.2, 0.25) is 14.7 Å². The predicted molar refractivity (Wildman–Crippen MR) is 98.9 cm³/mol. The van der Waals surface area contributed by atoms with Crippen LogP contribution in [0, 0.1) is 0 Å². The van der Waals surface area contributed by atoms with Gasteiger partial charge in [-0.05, 0) is 36.4 Å². The smallest absolute Gasteiger partial charge is 0.208 e. The first-order valence-electron chi connectivity index (χ1n) is 7.78. The van der Waals surface area contributed by atoms with E-state index in [2.05, 4.69) is 0 Å². The van der Waals surface area contributed by atoms with Crippen LogP contribution in [0.25, 0.3) is 0 Å². The predicted octanol–water partition coefficient (Wildman–Crippen LogP) is 6.04. The van der Waals surface area contributed by atoms with Crippen molar-refractivity contribution in [2.45, 2.75) is 14.7 Å². The first-order valence-corrected chi connectivity index (χ1v) is 13.3. The van der Waals surface area contributed by atoms with Crippen LogP contribution >= 0.6 is 0 Å². The van der Waals surface area contributed by atoms with Gasteiger partial charge in [-0.1, -0.05) is 36.4 Å². The molecule has 0 saturated carbocycles. The molecule has 0 aliphatic heterocycles. The van der Waals surface area contributed by atoms with Crippen LogP contribution in [-0.2, 0) is 10.9 Å². The van der Waals surface area contributed by atoms with Crippen molar-refractivity contribution in [1.82, 2.24) is 0 Å². The van der Waals surface area contributed by atoms with Gasteiger partial charge >= 0.3 is 35.0 Å². The van der Waals surface area contributed by atoms with Crippen molar-refractivity contribution < 1.29 is 36.1 Å². The number of para-hydroxylation sites is 3. The Morgan fingerprint density at radius 2 is 0.690 bits per heavy atom. The van der Waals surface area contributed by atoms with Gasteiger partial charge in [-0.15, -0.1) is 0 Å². The first kappa shape index (κ1) is 22.8. The minimum absolute atomic E-state index is 0.136. The first-order chi connectivity index (χ1) is 13.1. The van der Waals surface area contributed by atoms with Gasteiger partial charge in [0, 0.05) is 0 Å². The largest absolute Gasteiger partial charge is 0.503 e. The molecule has 3 aromatic carbocycles. The zero-order valence-corrected chi connectivity index (χ0v) is 17.1. The fraction of sp³-hybridized carbons (Fsp3) is 0. The Balaban J connectivity index is 0.000000370. The number of aromatic hydroxyl groups is 3. The van der Waals surface area contributed by atoms with Crippen LogP contribution < -0.4 is 0 Å². The molecule has 0 aliphatic rings. The molecule has 158 valence electrons. The molecule has 3 nitrogen and oxygen atoms in total. The normalized spacial score (nSPS) is 13.8. The third-order valence-electron chi connectivity index (χ3n) is 3.26. The van der Waals surface area contributed by atoms with Crippen molar-refractivity contribution in [2.24, 2.45) is 0 Å². The van der Waals surface area contributed by atoms with Gasteiger partial charge in [0.15, 0.2) is 17.2 Å². The van der Waals surface area contributed by atoms with Crippen LogP contribution in [0.3, 0.4) is 0 Å². The molecule has 0 aromatic heterocycles. The molecule has 0 amide bonds. The SMILES string of the molecule is F[As-](F)(F)(F)(F)F.Oc1ccccc1[S+](c1ccccc1O)c1ccccc1O. The van der Waals surface area contributed by atoms with Gasteiger partial charge in [-0.25, -0.2) is 0 Å². The number of phenolic OH excluding ortho intramolecular Hbond substituents is 3. The molecule has 0 unspecified atom stereocenters. The molecule has 3 aromatic rings. The van der Waals surface area contributed by atoms with Crippen LogP contribution in [0.4, 0.5) is 20.8 Å².